The molecule has 0 radical (unpaired) electrons. The predicted molar refractivity (Wildman–Crippen MR) is 71.9 cm³/mol. The van der Waals surface area contributed by atoms with Crippen LogP contribution in [-0.4, -0.2) is 55.6 Å². The average molecular weight is 272 g/mol. The van der Waals surface area contributed by atoms with E-state index in [2.05, 4.69) is 4.90 Å². The van der Waals surface area contributed by atoms with Crippen molar-refractivity contribution in [2.24, 2.45) is 5.92 Å². The number of hydrogen-bond acceptors (Lipinski definition) is 3. The van der Waals surface area contributed by atoms with Gasteiger partial charge < -0.3 is 4.90 Å². The minimum atomic E-state index is -3.04. The molecule has 2 heterocycles. The Bertz CT molecular complexity index is 419. The van der Waals surface area contributed by atoms with Crippen LogP contribution in [0.5, 0.6) is 0 Å². The SMILES string of the molecule is CS(=O)(=O)N1CCC[C@]12CCCN(CC1CC1)C2. The Labute approximate surface area is 110 Å². The molecule has 0 unspecified atom stereocenters. The first-order chi connectivity index (χ1) is 8.50. The van der Waals surface area contributed by atoms with Crippen LogP contribution in [0.1, 0.15) is 38.5 Å². The smallest absolute Gasteiger partial charge is 0.211 e. The van der Waals surface area contributed by atoms with Crippen LogP contribution in [0.25, 0.3) is 0 Å². The second-order valence-corrected chi connectivity index (χ2v) is 8.35. The van der Waals surface area contributed by atoms with Crippen molar-refractivity contribution in [2.75, 3.05) is 32.4 Å². The van der Waals surface area contributed by atoms with E-state index in [0.29, 0.717) is 0 Å². The molecule has 0 N–H and O–H groups in total. The van der Waals surface area contributed by atoms with Crippen LogP contribution in [0.15, 0.2) is 0 Å². The van der Waals surface area contributed by atoms with Crippen molar-refractivity contribution in [3.8, 4) is 0 Å². The molecule has 2 saturated heterocycles. The van der Waals surface area contributed by atoms with Gasteiger partial charge >= 0.3 is 0 Å². The highest BCUT2D eigenvalue weighted by Gasteiger charge is 2.48. The quantitative estimate of drug-likeness (QED) is 0.777. The lowest BCUT2D eigenvalue weighted by Gasteiger charge is -2.45. The highest BCUT2D eigenvalue weighted by Crippen LogP contribution is 2.40. The van der Waals surface area contributed by atoms with E-state index in [1.165, 1.54) is 25.6 Å². The maximum atomic E-state index is 12.0. The summed E-state index contributed by atoms with van der Waals surface area (Å²) in [7, 11) is -3.04. The third-order valence-electron chi connectivity index (χ3n) is 4.78. The van der Waals surface area contributed by atoms with E-state index in [1.807, 2.05) is 0 Å². The van der Waals surface area contributed by atoms with Crippen LogP contribution in [0.2, 0.25) is 0 Å². The molecule has 0 aromatic heterocycles. The fourth-order valence-corrected chi connectivity index (χ4v) is 5.27. The summed E-state index contributed by atoms with van der Waals surface area (Å²) in [6, 6.07) is 0. The molecule has 0 amide bonds. The number of sulfonamides is 1. The van der Waals surface area contributed by atoms with Crippen molar-refractivity contribution in [2.45, 2.75) is 44.1 Å². The van der Waals surface area contributed by atoms with Gasteiger partial charge in [-0.1, -0.05) is 0 Å². The van der Waals surface area contributed by atoms with Crippen molar-refractivity contribution in [3.63, 3.8) is 0 Å². The van der Waals surface area contributed by atoms with Crippen molar-refractivity contribution in [3.05, 3.63) is 0 Å². The standard InChI is InChI=1S/C13H24N2O2S/c1-18(16,17)15-9-3-7-13(15)6-2-8-14(11-13)10-12-4-5-12/h12H,2-11H2,1H3/t13-/m0/s1. The Hall–Kier alpha value is -0.130. The number of likely N-dealkylation sites (tertiary alicyclic amines) is 1. The fourth-order valence-electron chi connectivity index (χ4n) is 3.87. The Kier molecular flexibility index (Phi) is 3.19. The maximum Gasteiger partial charge on any atom is 0.211 e. The molecule has 3 fully saturated rings. The Morgan fingerprint density at radius 1 is 1.17 bits per heavy atom. The summed E-state index contributed by atoms with van der Waals surface area (Å²) in [5.41, 5.74) is -0.0687. The van der Waals surface area contributed by atoms with E-state index >= 15 is 0 Å². The fraction of sp³-hybridized carbons (Fsp3) is 1.00. The van der Waals surface area contributed by atoms with Crippen molar-refractivity contribution in [1.82, 2.24) is 9.21 Å². The molecule has 3 aliphatic rings. The first-order valence-corrected chi connectivity index (χ1v) is 9.05. The highest BCUT2D eigenvalue weighted by atomic mass is 32.2. The van der Waals surface area contributed by atoms with E-state index in [4.69, 9.17) is 0 Å². The zero-order valence-electron chi connectivity index (χ0n) is 11.3. The van der Waals surface area contributed by atoms with Crippen LogP contribution in [0.4, 0.5) is 0 Å². The van der Waals surface area contributed by atoms with Crippen LogP contribution in [0.3, 0.4) is 0 Å². The number of nitrogens with zero attached hydrogens (tertiary/aromatic N) is 2. The molecule has 4 nitrogen and oxygen atoms in total. The topological polar surface area (TPSA) is 40.6 Å². The van der Waals surface area contributed by atoms with Crippen LogP contribution < -0.4 is 0 Å². The summed E-state index contributed by atoms with van der Waals surface area (Å²) in [6.07, 6.45) is 8.42. The third kappa shape index (κ3) is 2.45. The molecule has 0 aromatic carbocycles. The molecule has 1 saturated carbocycles. The van der Waals surface area contributed by atoms with E-state index in [0.717, 1.165) is 51.2 Å². The molecule has 1 aliphatic carbocycles. The molecule has 104 valence electrons. The molecule has 1 spiro atoms. The lowest BCUT2D eigenvalue weighted by atomic mass is 9.87. The van der Waals surface area contributed by atoms with Crippen LogP contribution >= 0.6 is 0 Å². The van der Waals surface area contributed by atoms with E-state index in [-0.39, 0.29) is 5.54 Å². The van der Waals surface area contributed by atoms with E-state index in [9.17, 15) is 8.42 Å². The van der Waals surface area contributed by atoms with Gasteiger partial charge in [0, 0.05) is 25.2 Å². The van der Waals surface area contributed by atoms with Crippen molar-refractivity contribution < 1.29 is 8.42 Å². The largest absolute Gasteiger partial charge is 0.301 e. The second-order valence-electron chi connectivity index (χ2n) is 6.45. The summed E-state index contributed by atoms with van der Waals surface area (Å²) in [4.78, 5) is 2.52. The monoisotopic (exact) mass is 272 g/mol. The third-order valence-corrected chi connectivity index (χ3v) is 6.15. The molecule has 2 aliphatic heterocycles. The summed E-state index contributed by atoms with van der Waals surface area (Å²) >= 11 is 0. The van der Waals surface area contributed by atoms with Crippen molar-refractivity contribution >= 4 is 10.0 Å². The van der Waals surface area contributed by atoms with Gasteiger partial charge in [-0.2, -0.15) is 4.31 Å². The Balaban J connectivity index is 1.75. The van der Waals surface area contributed by atoms with Gasteiger partial charge in [0.25, 0.3) is 0 Å². The molecule has 18 heavy (non-hydrogen) atoms. The second kappa shape index (κ2) is 4.46. The van der Waals surface area contributed by atoms with Crippen LogP contribution in [-0.2, 0) is 10.0 Å². The molecular weight excluding hydrogens is 248 g/mol. The molecule has 1 atom stereocenters. The first kappa shape index (κ1) is 12.9. The van der Waals surface area contributed by atoms with E-state index < -0.39 is 10.0 Å². The van der Waals surface area contributed by atoms with Gasteiger partial charge in [-0.15, -0.1) is 0 Å². The molecule has 0 aromatic rings. The van der Waals surface area contributed by atoms with Crippen LogP contribution in [0, 0.1) is 5.92 Å². The number of piperidine rings is 1. The van der Waals surface area contributed by atoms with Gasteiger partial charge in [-0.25, -0.2) is 8.42 Å². The lowest BCUT2D eigenvalue weighted by Crippen LogP contribution is -2.57. The first-order valence-electron chi connectivity index (χ1n) is 7.20. The minimum absolute atomic E-state index is 0.0687. The average Bonchev–Trinajstić information content (AvgIpc) is 2.98. The molecule has 0 bridgehead atoms. The molecule has 5 heteroatoms. The Morgan fingerprint density at radius 3 is 2.44 bits per heavy atom. The maximum absolute atomic E-state index is 12.0. The van der Waals surface area contributed by atoms with Gasteiger partial charge in [0.15, 0.2) is 0 Å². The predicted octanol–water partition coefficient (Wildman–Crippen LogP) is 1.29. The summed E-state index contributed by atoms with van der Waals surface area (Å²) in [5.74, 6) is 0.897. The zero-order valence-corrected chi connectivity index (χ0v) is 12.1. The number of hydrogen-bond donors (Lipinski definition) is 0. The normalized spacial score (nSPS) is 35.4. The minimum Gasteiger partial charge on any atom is -0.301 e. The van der Waals surface area contributed by atoms with Gasteiger partial charge in [0.05, 0.1) is 6.26 Å². The van der Waals surface area contributed by atoms with E-state index in [1.54, 1.807) is 4.31 Å². The number of rotatable bonds is 3. The highest BCUT2D eigenvalue weighted by molar-refractivity contribution is 7.88. The summed E-state index contributed by atoms with van der Waals surface area (Å²) < 4.78 is 25.7. The molecular formula is C13H24N2O2S. The summed E-state index contributed by atoms with van der Waals surface area (Å²) in [6.45, 7) is 4.06. The van der Waals surface area contributed by atoms with Crippen molar-refractivity contribution in [1.29, 1.82) is 0 Å². The van der Waals surface area contributed by atoms with Gasteiger partial charge in [-0.05, 0) is 51.0 Å². The molecule has 3 rings (SSSR count). The Morgan fingerprint density at radius 2 is 1.83 bits per heavy atom. The van der Waals surface area contributed by atoms with Gasteiger partial charge in [-0.3, -0.25) is 0 Å². The lowest BCUT2D eigenvalue weighted by molar-refractivity contribution is 0.0859. The zero-order chi connectivity index (χ0) is 12.8. The van der Waals surface area contributed by atoms with Gasteiger partial charge in [0.1, 0.15) is 0 Å². The summed E-state index contributed by atoms with van der Waals surface area (Å²) in [5, 5.41) is 0. The van der Waals surface area contributed by atoms with Gasteiger partial charge in [0.2, 0.25) is 10.0 Å².